The number of rotatable bonds is 0. The molecule has 0 bridgehead atoms. The summed E-state index contributed by atoms with van der Waals surface area (Å²) in [5.74, 6) is 0. The van der Waals surface area contributed by atoms with Crippen LogP contribution in [0.5, 0.6) is 0 Å². The van der Waals surface area contributed by atoms with Gasteiger partial charge in [-0.05, 0) is 0 Å². The molecule has 0 aromatic carbocycles. The van der Waals surface area contributed by atoms with Crippen LogP contribution in [0.4, 0.5) is 0 Å². The first-order valence-electron chi connectivity index (χ1n) is 1.84. The first kappa shape index (κ1) is 36.0. The molecule has 0 aromatic rings. The van der Waals surface area contributed by atoms with E-state index in [0.29, 0.717) is 0 Å². The number of hydrogen-bond donors (Lipinski definition) is 0. The van der Waals surface area contributed by atoms with Gasteiger partial charge < -0.3 is 42.2 Å². The predicted molar refractivity (Wildman–Crippen MR) is 26.5 cm³/mol. The quantitative estimate of drug-likeness (QED) is 0.376. The van der Waals surface area contributed by atoms with E-state index in [1.165, 1.54) is 0 Å². The standard InChI is InChI=1S/2Fe.Na.3O3Si.H/c;;;3*1-4(2)3;/q2*+3;;3*-2;. The SMILES string of the molecule is O=[Si]([O-])[O-].O=[Si]([O-])[O-].O=[Si]([O-])[O-].[Fe+3].[Fe+3].[NaH]. The molecule has 0 heterocycles. The molecular formula is HFe2NaO9Si3. The molecule has 9 nitrogen and oxygen atoms in total. The Balaban J connectivity index is -0.0000000184. The van der Waals surface area contributed by atoms with Gasteiger partial charge in [0.2, 0.25) is 0 Å². The minimum atomic E-state index is -3.63. The Bertz CT molecular complexity index is 121. The molecule has 0 rings (SSSR count). The minimum absolute atomic E-state index is 0. The van der Waals surface area contributed by atoms with Crippen LogP contribution < -0.4 is 28.8 Å². The summed E-state index contributed by atoms with van der Waals surface area (Å²) in [6.07, 6.45) is 0. The molecule has 0 unspecified atom stereocenters. The van der Waals surface area contributed by atoms with Crippen LogP contribution in [0.3, 0.4) is 0 Å². The molecule has 2 radical (unpaired) electrons. The molecule has 15 heteroatoms. The molecular weight excluding hydrogens is 363 g/mol. The van der Waals surface area contributed by atoms with Gasteiger partial charge in [0.15, 0.2) is 0 Å². The zero-order valence-electron chi connectivity index (χ0n) is 5.88. The van der Waals surface area contributed by atoms with Crippen molar-refractivity contribution >= 4 is 57.1 Å². The second-order valence-electron chi connectivity index (χ2n) is 0.750. The van der Waals surface area contributed by atoms with Crippen LogP contribution >= 0.6 is 0 Å². The molecule has 0 aromatic heterocycles. The van der Waals surface area contributed by atoms with Crippen molar-refractivity contribution in [3.8, 4) is 0 Å². The summed E-state index contributed by atoms with van der Waals surface area (Å²) in [7, 11) is -10.9. The number of hydrogen-bond acceptors (Lipinski definition) is 9. The van der Waals surface area contributed by atoms with Crippen molar-refractivity contribution in [2.45, 2.75) is 0 Å². The van der Waals surface area contributed by atoms with Gasteiger partial charge in [-0.2, -0.15) is 0 Å². The Hall–Kier alpha value is 0.890. The summed E-state index contributed by atoms with van der Waals surface area (Å²) >= 11 is 0. The maximum absolute atomic E-state index is 8.52. The van der Waals surface area contributed by atoms with Gasteiger partial charge in [-0.1, -0.05) is 0 Å². The van der Waals surface area contributed by atoms with Crippen LogP contribution in [-0.4, -0.2) is 57.1 Å². The third-order valence-corrected chi connectivity index (χ3v) is 0. The molecule has 0 fully saturated rings. The van der Waals surface area contributed by atoms with Crippen molar-refractivity contribution in [3.63, 3.8) is 0 Å². The Morgan fingerprint density at radius 1 is 0.533 bits per heavy atom. The normalized spacial score (nSPS) is 4.80. The second-order valence-corrected chi connectivity index (χ2v) is 2.25. The van der Waals surface area contributed by atoms with E-state index in [-0.39, 0.29) is 63.7 Å². The summed E-state index contributed by atoms with van der Waals surface area (Å²) < 4.78 is 25.6. The molecule has 0 atom stereocenters. The van der Waals surface area contributed by atoms with Crippen LogP contribution in [0.1, 0.15) is 0 Å². The van der Waals surface area contributed by atoms with E-state index in [1.807, 2.05) is 0 Å². The third-order valence-electron chi connectivity index (χ3n) is 0. The van der Waals surface area contributed by atoms with Crippen molar-refractivity contribution in [1.29, 1.82) is 0 Å². The Morgan fingerprint density at radius 2 is 0.533 bits per heavy atom. The summed E-state index contributed by atoms with van der Waals surface area (Å²) in [5.41, 5.74) is 0. The van der Waals surface area contributed by atoms with E-state index < -0.39 is 27.5 Å². The summed E-state index contributed by atoms with van der Waals surface area (Å²) in [6, 6.07) is 0. The zero-order chi connectivity index (χ0) is 10.7. The zero-order valence-corrected chi connectivity index (χ0v) is 11.1. The molecule has 0 aliphatic heterocycles. The average Bonchev–Trinajstić information content (AvgIpc) is 1.54. The molecule has 0 N–H and O–H groups in total. The van der Waals surface area contributed by atoms with Crippen molar-refractivity contribution < 1.29 is 76.3 Å². The van der Waals surface area contributed by atoms with Crippen molar-refractivity contribution in [2.75, 3.05) is 0 Å². The fourth-order valence-electron chi connectivity index (χ4n) is 0. The maximum atomic E-state index is 8.52. The topological polar surface area (TPSA) is 190 Å². The summed E-state index contributed by atoms with van der Waals surface area (Å²) in [6.45, 7) is 0. The van der Waals surface area contributed by atoms with E-state index in [2.05, 4.69) is 0 Å². The van der Waals surface area contributed by atoms with Crippen molar-refractivity contribution in [2.24, 2.45) is 0 Å². The predicted octanol–water partition coefficient (Wildman–Crippen LogP) is -9.29. The monoisotopic (exact) mass is 364 g/mol. The van der Waals surface area contributed by atoms with E-state index >= 15 is 0 Å². The Labute approximate surface area is 132 Å². The third kappa shape index (κ3) is 3130. The van der Waals surface area contributed by atoms with Crippen molar-refractivity contribution in [1.82, 2.24) is 0 Å². The van der Waals surface area contributed by atoms with Gasteiger partial charge >= 0.3 is 63.7 Å². The van der Waals surface area contributed by atoms with Gasteiger partial charge in [0.25, 0.3) is 0 Å². The van der Waals surface area contributed by atoms with Gasteiger partial charge in [-0.25, -0.2) is 0 Å². The fraction of sp³-hybridized carbons (Fsp3) is 0. The van der Waals surface area contributed by atoms with Crippen LogP contribution in [0.2, 0.25) is 0 Å². The van der Waals surface area contributed by atoms with E-state index in [9.17, 15) is 0 Å². The Kier molecular flexibility index (Phi) is 70.5. The van der Waals surface area contributed by atoms with Crippen molar-refractivity contribution in [3.05, 3.63) is 0 Å². The summed E-state index contributed by atoms with van der Waals surface area (Å²) in [4.78, 5) is 51.1. The molecule has 0 amide bonds. The van der Waals surface area contributed by atoms with Gasteiger partial charge in [-0.3, -0.25) is 0 Å². The first-order chi connectivity index (χ1) is 5.20. The van der Waals surface area contributed by atoms with Crippen LogP contribution in [-0.2, 0) is 47.5 Å². The first-order valence-corrected chi connectivity index (χ1v) is 5.51. The van der Waals surface area contributed by atoms with E-state index in [4.69, 9.17) is 42.2 Å². The molecule has 15 heavy (non-hydrogen) atoms. The van der Waals surface area contributed by atoms with E-state index in [0.717, 1.165) is 0 Å². The van der Waals surface area contributed by atoms with Crippen LogP contribution in [0.25, 0.3) is 0 Å². The molecule has 84 valence electrons. The molecule has 0 saturated heterocycles. The van der Waals surface area contributed by atoms with Gasteiger partial charge in [-0.15, -0.1) is 0 Å². The van der Waals surface area contributed by atoms with Crippen LogP contribution in [0.15, 0.2) is 0 Å². The van der Waals surface area contributed by atoms with E-state index in [1.54, 1.807) is 0 Å². The average molecular weight is 364 g/mol. The molecule has 0 aliphatic carbocycles. The van der Waals surface area contributed by atoms with Gasteiger partial charge in [0.05, 0.1) is 0 Å². The Morgan fingerprint density at radius 3 is 0.533 bits per heavy atom. The fourth-order valence-corrected chi connectivity index (χ4v) is 0. The summed E-state index contributed by atoms with van der Waals surface area (Å²) in [5, 5.41) is 0. The van der Waals surface area contributed by atoms with Gasteiger partial charge in [0.1, 0.15) is 0 Å². The van der Waals surface area contributed by atoms with Gasteiger partial charge in [0, 0.05) is 27.5 Å². The second kappa shape index (κ2) is 29.4. The molecule has 0 saturated carbocycles. The van der Waals surface area contributed by atoms with Crippen LogP contribution in [0, 0.1) is 0 Å². The molecule has 0 aliphatic rings. The molecule has 0 spiro atoms.